The first-order valence-corrected chi connectivity index (χ1v) is 8.03. The van der Waals surface area contributed by atoms with E-state index >= 15 is 0 Å². The monoisotopic (exact) mass is 352 g/mol. The summed E-state index contributed by atoms with van der Waals surface area (Å²) in [5, 5.41) is 2.83. The number of carbonyl (C=O) groups excluding carboxylic acids is 3. The number of para-hydroxylation sites is 1. The van der Waals surface area contributed by atoms with E-state index in [2.05, 4.69) is 10.1 Å². The number of ether oxygens (including phenoxy) is 1. The first-order valence-electron chi connectivity index (χ1n) is 8.03. The van der Waals surface area contributed by atoms with Crippen LogP contribution in [0.2, 0.25) is 0 Å². The van der Waals surface area contributed by atoms with Crippen LogP contribution in [0.1, 0.15) is 27.9 Å². The Kier molecular flexibility index (Phi) is 6.68. The highest BCUT2D eigenvalue weighted by Gasteiger charge is 2.09. The van der Waals surface area contributed by atoms with Gasteiger partial charge in [-0.05, 0) is 41.8 Å². The normalized spacial score (nSPS) is 10.5. The first kappa shape index (κ1) is 18.9. The molecule has 0 fully saturated rings. The molecule has 0 aliphatic rings. The molecule has 0 atom stereocenters. The zero-order valence-electron chi connectivity index (χ0n) is 14.4. The predicted octanol–water partition coefficient (Wildman–Crippen LogP) is 2.54. The minimum absolute atomic E-state index is 0.228. The third-order valence-corrected chi connectivity index (χ3v) is 3.66. The second-order valence-electron chi connectivity index (χ2n) is 5.56. The number of benzene rings is 2. The maximum atomic E-state index is 12.5. The molecule has 2 amide bonds. The molecule has 134 valence electrons. The number of primary amides is 1. The van der Waals surface area contributed by atoms with Gasteiger partial charge in [0.25, 0.3) is 5.91 Å². The van der Waals surface area contributed by atoms with Gasteiger partial charge in [0.1, 0.15) is 0 Å². The van der Waals surface area contributed by atoms with Crippen LogP contribution in [0.15, 0.2) is 54.6 Å². The van der Waals surface area contributed by atoms with E-state index in [0.29, 0.717) is 23.2 Å². The summed E-state index contributed by atoms with van der Waals surface area (Å²) in [6.07, 6.45) is 3.57. The van der Waals surface area contributed by atoms with Crippen LogP contribution in [0.25, 0.3) is 6.08 Å². The number of anilines is 1. The number of nitrogens with one attached hydrogen (secondary N) is 1. The number of carbonyl (C=O) groups is 3. The van der Waals surface area contributed by atoms with E-state index in [4.69, 9.17) is 5.73 Å². The SMILES string of the molecule is COC(=O)C=Cc1ccccc1NC(=O)c1cccc(CCC(N)=O)c1. The quantitative estimate of drug-likeness (QED) is 0.591. The minimum Gasteiger partial charge on any atom is -0.466 e. The van der Waals surface area contributed by atoms with Crippen LogP contribution < -0.4 is 11.1 Å². The molecular weight excluding hydrogens is 332 g/mol. The molecule has 0 saturated heterocycles. The van der Waals surface area contributed by atoms with E-state index in [1.165, 1.54) is 13.2 Å². The highest BCUT2D eigenvalue weighted by atomic mass is 16.5. The summed E-state index contributed by atoms with van der Waals surface area (Å²) < 4.78 is 4.57. The number of esters is 1. The summed E-state index contributed by atoms with van der Waals surface area (Å²) >= 11 is 0. The van der Waals surface area contributed by atoms with Crippen LogP contribution >= 0.6 is 0 Å². The van der Waals surface area contributed by atoms with Crippen molar-refractivity contribution in [3.05, 3.63) is 71.3 Å². The highest BCUT2D eigenvalue weighted by molar-refractivity contribution is 6.05. The van der Waals surface area contributed by atoms with Gasteiger partial charge in [0, 0.05) is 23.7 Å². The van der Waals surface area contributed by atoms with E-state index in [1.54, 1.807) is 48.5 Å². The van der Waals surface area contributed by atoms with Gasteiger partial charge in [0.2, 0.25) is 5.91 Å². The lowest BCUT2D eigenvalue weighted by Gasteiger charge is -2.09. The van der Waals surface area contributed by atoms with Gasteiger partial charge in [-0.3, -0.25) is 9.59 Å². The number of aryl methyl sites for hydroxylation is 1. The van der Waals surface area contributed by atoms with Crippen LogP contribution in [0, 0.1) is 0 Å². The maximum absolute atomic E-state index is 12.5. The van der Waals surface area contributed by atoms with Crippen LogP contribution in [0.5, 0.6) is 0 Å². The standard InChI is InChI=1S/C20H20N2O4/c1-26-19(24)12-10-15-6-2-3-8-17(15)22-20(25)16-7-4-5-14(13-16)9-11-18(21)23/h2-8,10,12-13H,9,11H2,1H3,(H2,21,23)(H,22,25). The van der Waals surface area contributed by atoms with Crippen molar-refractivity contribution in [2.24, 2.45) is 5.73 Å². The van der Waals surface area contributed by atoms with Gasteiger partial charge in [-0.2, -0.15) is 0 Å². The Morgan fingerprint density at radius 3 is 2.62 bits per heavy atom. The van der Waals surface area contributed by atoms with Crippen LogP contribution in [-0.4, -0.2) is 24.9 Å². The van der Waals surface area contributed by atoms with E-state index < -0.39 is 5.97 Å². The maximum Gasteiger partial charge on any atom is 0.330 e. The number of hydrogen-bond donors (Lipinski definition) is 2. The molecule has 0 aliphatic heterocycles. The molecule has 6 heteroatoms. The molecule has 0 spiro atoms. The van der Waals surface area contributed by atoms with Crippen LogP contribution in [-0.2, 0) is 20.7 Å². The van der Waals surface area contributed by atoms with Crippen molar-refractivity contribution in [1.82, 2.24) is 0 Å². The molecule has 26 heavy (non-hydrogen) atoms. The first-order chi connectivity index (χ1) is 12.5. The molecule has 2 aromatic rings. The fourth-order valence-corrected chi connectivity index (χ4v) is 2.31. The zero-order valence-corrected chi connectivity index (χ0v) is 14.4. The van der Waals surface area contributed by atoms with Crippen molar-refractivity contribution in [1.29, 1.82) is 0 Å². The summed E-state index contributed by atoms with van der Waals surface area (Å²) in [5.41, 5.74) is 7.73. The molecule has 0 aliphatic carbocycles. The average Bonchev–Trinajstić information content (AvgIpc) is 2.65. The molecule has 0 heterocycles. The smallest absolute Gasteiger partial charge is 0.330 e. The summed E-state index contributed by atoms with van der Waals surface area (Å²) in [7, 11) is 1.30. The van der Waals surface area contributed by atoms with Gasteiger partial charge in [-0.1, -0.05) is 30.3 Å². The number of methoxy groups -OCH3 is 1. The molecule has 0 radical (unpaired) electrons. The molecule has 2 rings (SSSR count). The van der Waals surface area contributed by atoms with Gasteiger partial charge < -0.3 is 15.8 Å². The van der Waals surface area contributed by atoms with E-state index in [1.807, 2.05) is 6.07 Å². The molecule has 3 N–H and O–H groups in total. The second kappa shape index (κ2) is 9.17. The highest BCUT2D eigenvalue weighted by Crippen LogP contribution is 2.18. The van der Waals surface area contributed by atoms with E-state index in [-0.39, 0.29) is 18.2 Å². The summed E-state index contributed by atoms with van der Waals surface area (Å²) in [6, 6.07) is 14.1. The third kappa shape index (κ3) is 5.59. The lowest BCUT2D eigenvalue weighted by atomic mass is 10.1. The zero-order chi connectivity index (χ0) is 18.9. The Bertz CT molecular complexity index is 843. The molecule has 0 unspecified atom stereocenters. The van der Waals surface area contributed by atoms with Gasteiger partial charge >= 0.3 is 5.97 Å². The van der Waals surface area contributed by atoms with Crippen molar-refractivity contribution >= 4 is 29.5 Å². The lowest BCUT2D eigenvalue weighted by Crippen LogP contribution is -2.14. The Morgan fingerprint density at radius 1 is 1.12 bits per heavy atom. The summed E-state index contributed by atoms with van der Waals surface area (Å²) in [6.45, 7) is 0. The fraction of sp³-hybridized carbons (Fsp3) is 0.150. The van der Waals surface area contributed by atoms with Gasteiger partial charge in [0.05, 0.1) is 7.11 Å². The molecule has 0 saturated carbocycles. The Morgan fingerprint density at radius 2 is 1.88 bits per heavy atom. The lowest BCUT2D eigenvalue weighted by molar-refractivity contribution is -0.134. The van der Waals surface area contributed by atoms with Gasteiger partial charge in [-0.15, -0.1) is 0 Å². The Hall–Kier alpha value is -3.41. The molecule has 0 bridgehead atoms. The topological polar surface area (TPSA) is 98.5 Å². The third-order valence-electron chi connectivity index (χ3n) is 3.66. The van der Waals surface area contributed by atoms with E-state index in [0.717, 1.165) is 5.56 Å². The number of nitrogens with two attached hydrogens (primary N) is 1. The van der Waals surface area contributed by atoms with Crippen molar-refractivity contribution in [3.63, 3.8) is 0 Å². The fourth-order valence-electron chi connectivity index (χ4n) is 2.31. The average molecular weight is 352 g/mol. The largest absolute Gasteiger partial charge is 0.466 e. The minimum atomic E-state index is -0.478. The second-order valence-corrected chi connectivity index (χ2v) is 5.56. The van der Waals surface area contributed by atoms with Crippen LogP contribution in [0.4, 0.5) is 5.69 Å². The van der Waals surface area contributed by atoms with Gasteiger partial charge in [0.15, 0.2) is 0 Å². The Labute approximate surface area is 151 Å². The van der Waals surface area contributed by atoms with Crippen molar-refractivity contribution in [3.8, 4) is 0 Å². The molecule has 6 nitrogen and oxygen atoms in total. The van der Waals surface area contributed by atoms with Crippen molar-refractivity contribution in [2.45, 2.75) is 12.8 Å². The van der Waals surface area contributed by atoms with Crippen molar-refractivity contribution < 1.29 is 19.1 Å². The van der Waals surface area contributed by atoms with Crippen molar-refractivity contribution in [2.75, 3.05) is 12.4 Å². The number of rotatable bonds is 7. The summed E-state index contributed by atoms with van der Waals surface area (Å²) in [5.74, 6) is -1.15. The Balaban J connectivity index is 2.15. The van der Waals surface area contributed by atoms with Gasteiger partial charge in [-0.25, -0.2) is 4.79 Å². The molecule has 2 aromatic carbocycles. The number of amides is 2. The summed E-state index contributed by atoms with van der Waals surface area (Å²) in [4.78, 5) is 34.7. The number of hydrogen-bond acceptors (Lipinski definition) is 4. The molecule has 0 aromatic heterocycles. The molecular formula is C20H20N2O4. The predicted molar refractivity (Wildman–Crippen MR) is 99.4 cm³/mol. The van der Waals surface area contributed by atoms with Crippen LogP contribution in [0.3, 0.4) is 0 Å². The van der Waals surface area contributed by atoms with E-state index in [9.17, 15) is 14.4 Å².